The maximum Gasteiger partial charge on any atom is 0.276 e. The lowest BCUT2D eigenvalue weighted by Crippen LogP contribution is -2.20. The summed E-state index contributed by atoms with van der Waals surface area (Å²) >= 11 is 1.48. The number of hydrogen-bond donors (Lipinski definition) is 1. The van der Waals surface area contributed by atoms with Gasteiger partial charge in [0.2, 0.25) is 5.89 Å². The molecule has 0 saturated heterocycles. The molecule has 1 rings (SSSR count). The van der Waals surface area contributed by atoms with Crippen molar-refractivity contribution in [1.29, 1.82) is 0 Å². The maximum absolute atomic E-state index is 5.55. The standard InChI is InChI=1S/C9H17N3O2S/c1-9(2,3)13-4-5-15-8-12-11-7(6-10)14-8/h4-6,10H2,1-3H3. The minimum atomic E-state index is -0.0994. The van der Waals surface area contributed by atoms with Crippen molar-refractivity contribution in [3.8, 4) is 0 Å². The third-order valence-corrected chi connectivity index (χ3v) is 2.25. The van der Waals surface area contributed by atoms with Crippen LogP contribution in [-0.4, -0.2) is 28.2 Å². The third-order valence-electron chi connectivity index (χ3n) is 1.47. The summed E-state index contributed by atoms with van der Waals surface area (Å²) in [6.07, 6.45) is 0. The van der Waals surface area contributed by atoms with E-state index in [9.17, 15) is 0 Å². The van der Waals surface area contributed by atoms with Crippen LogP contribution in [0.3, 0.4) is 0 Å². The van der Waals surface area contributed by atoms with Crippen molar-refractivity contribution in [3.63, 3.8) is 0 Å². The van der Waals surface area contributed by atoms with Gasteiger partial charge < -0.3 is 14.9 Å². The van der Waals surface area contributed by atoms with Crippen molar-refractivity contribution in [2.24, 2.45) is 5.73 Å². The van der Waals surface area contributed by atoms with E-state index in [4.69, 9.17) is 14.9 Å². The fourth-order valence-corrected chi connectivity index (χ4v) is 1.45. The van der Waals surface area contributed by atoms with Gasteiger partial charge in [-0.25, -0.2) is 0 Å². The SMILES string of the molecule is CC(C)(C)OCCSc1nnc(CN)o1. The second kappa shape index (κ2) is 5.48. The summed E-state index contributed by atoms with van der Waals surface area (Å²) in [4.78, 5) is 0. The largest absolute Gasteiger partial charge is 0.415 e. The number of rotatable bonds is 5. The molecule has 0 aliphatic rings. The zero-order valence-electron chi connectivity index (χ0n) is 9.32. The summed E-state index contributed by atoms with van der Waals surface area (Å²) in [6.45, 7) is 7.02. The lowest BCUT2D eigenvalue weighted by molar-refractivity contribution is 0.00689. The molecule has 0 aliphatic heterocycles. The van der Waals surface area contributed by atoms with Crippen molar-refractivity contribution >= 4 is 11.8 Å². The Morgan fingerprint density at radius 3 is 2.67 bits per heavy atom. The van der Waals surface area contributed by atoms with E-state index in [1.54, 1.807) is 0 Å². The molecule has 1 heterocycles. The van der Waals surface area contributed by atoms with Gasteiger partial charge in [0.05, 0.1) is 18.8 Å². The van der Waals surface area contributed by atoms with Crippen LogP contribution < -0.4 is 5.73 Å². The number of ether oxygens (including phenoxy) is 1. The fourth-order valence-electron chi connectivity index (χ4n) is 0.856. The molecule has 0 saturated carbocycles. The Morgan fingerprint density at radius 2 is 2.13 bits per heavy atom. The van der Waals surface area contributed by atoms with E-state index in [0.29, 0.717) is 17.7 Å². The topological polar surface area (TPSA) is 74.2 Å². The highest BCUT2D eigenvalue weighted by molar-refractivity contribution is 7.99. The van der Waals surface area contributed by atoms with E-state index in [-0.39, 0.29) is 12.1 Å². The van der Waals surface area contributed by atoms with E-state index in [2.05, 4.69) is 10.2 Å². The molecular formula is C9H17N3O2S. The predicted molar refractivity (Wildman–Crippen MR) is 58.6 cm³/mol. The first kappa shape index (κ1) is 12.5. The van der Waals surface area contributed by atoms with E-state index >= 15 is 0 Å². The summed E-state index contributed by atoms with van der Waals surface area (Å²) in [6, 6.07) is 0. The molecule has 0 aliphatic carbocycles. The van der Waals surface area contributed by atoms with Crippen LogP contribution in [0.4, 0.5) is 0 Å². The monoisotopic (exact) mass is 231 g/mol. The molecular weight excluding hydrogens is 214 g/mol. The number of thioether (sulfide) groups is 1. The Kier molecular flexibility index (Phi) is 4.56. The molecule has 0 fully saturated rings. The number of nitrogens with zero attached hydrogens (tertiary/aromatic N) is 2. The zero-order chi connectivity index (χ0) is 11.3. The Bertz CT molecular complexity index is 296. The van der Waals surface area contributed by atoms with Gasteiger partial charge in [-0.15, -0.1) is 10.2 Å². The Balaban J connectivity index is 2.20. The maximum atomic E-state index is 5.55. The van der Waals surface area contributed by atoms with Gasteiger partial charge in [-0.05, 0) is 20.8 Å². The van der Waals surface area contributed by atoms with Gasteiger partial charge in [-0.3, -0.25) is 0 Å². The van der Waals surface area contributed by atoms with Crippen LogP contribution in [0.1, 0.15) is 26.7 Å². The van der Waals surface area contributed by atoms with E-state index in [1.807, 2.05) is 20.8 Å². The first-order chi connectivity index (χ1) is 7.01. The Morgan fingerprint density at radius 1 is 1.40 bits per heavy atom. The van der Waals surface area contributed by atoms with Gasteiger partial charge in [0.15, 0.2) is 0 Å². The number of nitrogens with two attached hydrogens (primary N) is 1. The quantitative estimate of drug-likeness (QED) is 0.610. The first-order valence-corrected chi connectivity index (χ1v) is 5.79. The van der Waals surface area contributed by atoms with Gasteiger partial charge in [-0.2, -0.15) is 0 Å². The molecule has 0 spiro atoms. The fraction of sp³-hybridized carbons (Fsp3) is 0.778. The normalized spacial score (nSPS) is 12.0. The van der Waals surface area contributed by atoms with Crippen LogP contribution in [0, 0.1) is 0 Å². The van der Waals surface area contributed by atoms with E-state index in [1.165, 1.54) is 11.8 Å². The van der Waals surface area contributed by atoms with Gasteiger partial charge >= 0.3 is 0 Å². The van der Waals surface area contributed by atoms with Crippen molar-refractivity contribution in [3.05, 3.63) is 5.89 Å². The molecule has 2 N–H and O–H groups in total. The van der Waals surface area contributed by atoms with Gasteiger partial charge in [-0.1, -0.05) is 11.8 Å². The molecule has 0 amide bonds. The van der Waals surface area contributed by atoms with Gasteiger partial charge in [0, 0.05) is 5.75 Å². The minimum Gasteiger partial charge on any atom is -0.415 e. The van der Waals surface area contributed by atoms with Crippen LogP contribution in [0.15, 0.2) is 9.64 Å². The summed E-state index contributed by atoms with van der Waals surface area (Å²) < 4.78 is 10.8. The zero-order valence-corrected chi connectivity index (χ0v) is 10.1. The molecule has 86 valence electrons. The molecule has 0 aromatic carbocycles. The highest BCUT2D eigenvalue weighted by atomic mass is 32.2. The average Bonchev–Trinajstić information content (AvgIpc) is 2.59. The van der Waals surface area contributed by atoms with Crippen LogP contribution >= 0.6 is 11.8 Å². The summed E-state index contributed by atoms with van der Waals surface area (Å²) in [5.74, 6) is 1.26. The second-order valence-corrected chi connectivity index (χ2v) is 5.02. The first-order valence-electron chi connectivity index (χ1n) is 4.80. The molecule has 0 atom stereocenters. The predicted octanol–water partition coefficient (Wildman–Crippen LogP) is 1.44. The van der Waals surface area contributed by atoms with Crippen LogP contribution in [0.25, 0.3) is 0 Å². The molecule has 5 nitrogen and oxygen atoms in total. The van der Waals surface area contributed by atoms with E-state index < -0.39 is 0 Å². The van der Waals surface area contributed by atoms with E-state index in [0.717, 1.165) is 5.75 Å². The molecule has 1 aromatic rings. The highest BCUT2D eigenvalue weighted by Crippen LogP contribution is 2.16. The molecule has 6 heteroatoms. The smallest absolute Gasteiger partial charge is 0.276 e. The van der Waals surface area contributed by atoms with Crippen molar-refractivity contribution in [2.75, 3.05) is 12.4 Å². The Labute approximate surface area is 93.8 Å². The summed E-state index contributed by atoms with van der Waals surface area (Å²) in [7, 11) is 0. The van der Waals surface area contributed by atoms with Crippen molar-refractivity contribution in [1.82, 2.24) is 10.2 Å². The summed E-state index contributed by atoms with van der Waals surface area (Å²) in [5.41, 5.74) is 5.25. The molecule has 0 unspecified atom stereocenters. The molecule has 15 heavy (non-hydrogen) atoms. The third kappa shape index (κ3) is 5.15. The summed E-state index contributed by atoms with van der Waals surface area (Å²) in [5, 5.41) is 8.14. The van der Waals surface area contributed by atoms with Crippen molar-refractivity contribution in [2.45, 2.75) is 38.1 Å². The van der Waals surface area contributed by atoms with Crippen molar-refractivity contribution < 1.29 is 9.15 Å². The van der Waals surface area contributed by atoms with Crippen LogP contribution in [0.5, 0.6) is 0 Å². The lowest BCUT2D eigenvalue weighted by Gasteiger charge is -2.18. The number of hydrogen-bond acceptors (Lipinski definition) is 6. The highest BCUT2D eigenvalue weighted by Gasteiger charge is 2.10. The van der Waals surface area contributed by atoms with Gasteiger partial charge in [0.25, 0.3) is 5.22 Å². The second-order valence-electron chi connectivity index (χ2n) is 3.98. The van der Waals surface area contributed by atoms with Crippen LogP contribution in [0.2, 0.25) is 0 Å². The average molecular weight is 231 g/mol. The molecule has 0 radical (unpaired) electrons. The molecule has 1 aromatic heterocycles. The van der Waals surface area contributed by atoms with Gasteiger partial charge in [0.1, 0.15) is 0 Å². The lowest BCUT2D eigenvalue weighted by atomic mass is 10.2. The molecule has 0 bridgehead atoms. The number of aromatic nitrogens is 2. The Hall–Kier alpha value is -0.590. The minimum absolute atomic E-state index is 0.0994. The van der Waals surface area contributed by atoms with Crippen LogP contribution in [-0.2, 0) is 11.3 Å².